The topological polar surface area (TPSA) is 55.8 Å². The Morgan fingerprint density at radius 3 is 2.81 bits per heavy atom. The van der Waals surface area contributed by atoms with Gasteiger partial charge >= 0.3 is 5.97 Å². The molecule has 0 fully saturated rings. The van der Waals surface area contributed by atoms with Crippen molar-refractivity contribution in [2.75, 3.05) is 20.3 Å². The molecule has 0 bridgehead atoms. The van der Waals surface area contributed by atoms with Gasteiger partial charge in [0.25, 0.3) is 0 Å². The summed E-state index contributed by atoms with van der Waals surface area (Å²) in [5.41, 5.74) is 0.0740. The molecule has 0 amide bonds. The number of carboxylic acid groups (broad SMARTS) is 1. The van der Waals surface area contributed by atoms with Gasteiger partial charge < -0.3 is 14.6 Å². The van der Waals surface area contributed by atoms with E-state index in [2.05, 4.69) is 0 Å². The lowest BCUT2D eigenvalue weighted by atomic mass is 10.2. The summed E-state index contributed by atoms with van der Waals surface area (Å²) in [5.74, 6) is -0.725. The number of carbonyl (C=O) groups is 1. The molecule has 1 rings (SSSR count). The summed E-state index contributed by atoms with van der Waals surface area (Å²) in [6, 6.07) is 4.52. The van der Waals surface area contributed by atoms with Crippen LogP contribution < -0.4 is 4.74 Å². The molecule has 5 heteroatoms. The van der Waals surface area contributed by atoms with Crippen LogP contribution in [0.1, 0.15) is 16.8 Å². The third kappa shape index (κ3) is 3.72. The van der Waals surface area contributed by atoms with Crippen molar-refractivity contribution in [1.29, 1.82) is 0 Å². The second kappa shape index (κ2) is 6.35. The van der Waals surface area contributed by atoms with Crippen molar-refractivity contribution in [1.82, 2.24) is 0 Å². The maximum atomic E-state index is 10.9. The maximum Gasteiger partial charge on any atom is 0.339 e. The van der Waals surface area contributed by atoms with Gasteiger partial charge in [-0.25, -0.2) is 4.79 Å². The molecule has 88 valence electrons. The van der Waals surface area contributed by atoms with Gasteiger partial charge in [0, 0.05) is 25.2 Å². The molecule has 0 aliphatic heterocycles. The van der Waals surface area contributed by atoms with Crippen molar-refractivity contribution in [2.24, 2.45) is 0 Å². The first-order valence-electron chi connectivity index (χ1n) is 4.79. The Hall–Kier alpha value is -1.26. The van der Waals surface area contributed by atoms with Gasteiger partial charge in [-0.3, -0.25) is 0 Å². The van der Waals surface area contributed by atoms with E-state index in [0.717, 1.165) is 0 Å². The van der Waals surface area contributed by atoms with Gasteiger partial charge in [-0.1, -0.05) is 11.6 Å². The van der Waals surface area contributed by atoms with E-state index >= 15 is 0 Å². The molecular formula is C11H13ClO4. The van der Waals surface area contributed by atoms with Gasteiger partial charge in [-0.15, -0.1) is 0 Å². The number of methoxy groups -OCH3 is 1. The van der Waals surface area contributed by atoms with E-state index < -0.39 is 5.97 Å². The smallest absolute Gasteiger partial charge is 0.339 e. The van der Waals surface area contributed by atoms with Crippen molar-refractivity contribution in [3.05, 3.63) is 28.8 Å². The van der Waals surface area contributed by atoms with E-state index in [1.165, 1.54) is 6.07 Å². The molecule has 0 spiro atoms. The number of carboxylic acids is 1. The standard InChI is InChI=1S/C11H13ClO4/c1-15-5-2-6-16-10-4-3-8(12)7-9(10)11(13)14/h3-4,7H,2,5-6H2,1H3,(H,13,14). The summed E-state index contributed by atoms with van der Waals surface area (Å²) in [7, 11) is 1.60. The highest BCUT2D eigenvalue weighted by molar-refractivity contribution is 6.31. The molecule has 0 aliphatic rings. The van der Waals surface area contributed by atoms with E-state index in [0.29, 0.717) is 30.4 Å². The minimum Gasteiger partial charge on any atom is -0.493 e. The van der Waals surface area contributed by atoms with Crippen molar-refractivity contribution >= 4 is 17.6 Å². The molecule has 0 saturated carbocycles. The molecule has 0 atom stereocenters. The predicted molar refractivity (Wildman–Crippen MR) is 60.4 cm³/mol. The van der Waals surface area contributed by atoms with E-state index in [1.807, 2.05) is 0 Å². The first-order chi connectivity index (χ1) is 7.65. The van der Waals surface area contributed by atoms with Gasteiger partial charge in [0.2, 0.25) is 0 Å². The third-order valence-corrected chi connectivity index (χ3v) is 2.16. The third-order valence-electron chi connectivity index (χ3n) is 1.92. The molecule has 0 aromatic heterocycles. The molecule has 0 radical (unpaired) electrons. The summed E-state index contributed by atoms with van der Waals surface area (Å²) in [6.07, 6.45) is 0.707. The fourth-order valence-corrected chi connectivity index (χ4v) is 1.35. The molecular weight excluding hydrogens is 232 g/mol. The SMILES string of the molecule is COCCCOc1ccc(Cl)cc1C(=O)O. The quantitative estimate of drug-likeness (QED) is 0.781. The Kier molecular flexibility index (Phi) is 5.08. The van der Waals surface area contributed by atoms with E-state index in [4.69, 9.17) is 26.2 Å². The van der Waals surface area contributed by atoms with Crippen molar-refractivity contribution in [3.8, 4) is 5.75 Å². The molecule has 16 heavy (non-hydrogen) atoms. The van der Waals surface area contributed by atoms with Crippen LogP contribution in [-0.2, 0) is 4.74 Å². The molecule has 1 aromatic carbocycles. The van der Waals surface area contributed by atoms with Gasteiger partial charge in [0.15, 0.2) is 0 Å². The lowest BCUT2D eigenvalue weighted by Crippen LogP contribution is -2.06. The molecule has 0 saturated heterocycles. The summed E-state index contributed by atoms with van der Waals surface area (Å²) >= 11 is 5.71. The first-order valence-corrected chi connectivity index (χ1v) is 5.17. The van der Waals surface area contributed by atoms with Gasteiger partial charge in [0.1, 0.15) is 11.3 Å². The lowest BCUT2D eigenvalue weighted by molar-refractivity contribution is 0.0691. The normalized spacial score (nSPS) is 10.1. The average molecular weight is 245 g/mol. The molecule has 0 unspecified atom stereocenters. The largest absolute Gasteiger partial charge is 0.493 e. The van der Waals surface area contributed by atoms with Gasteiger partial charge in [-0.2, -0.15) is 0 Å². The van der Waals surface area contributed by atoms with Crippen LogP contribution in [0.2, 0.25) is 5.02 Å². The highest BCUT2D eigenvalue weighted by Gasteiger charge is 2.11. The Morgan fingerprint density at radius 1 is 1.44 bits per heavy atom. The van der Waals surface area contributed by atoms with Crippen LogP contribution in [0.15, 0.2) is 18.2 Å². The fraction of sp³-hybridized carbons (Fsp3) is 0.364. The van der Waals surface area contributed by atoms with Crippen LogP contribution in [0, 0.1) is 0 Å². The minimum atomic E-state index is -1.05. The number of halogens is 1. The minimum absolute atomic E-state index is 0.0740. The lowest BCUT2D eigenvalue weighted by Gasteiger charge is -2.08. The zero-order valence-electron chi connectivity index (χ0n) is 8.90. The van der Waals surface area contributed by atoms with Crippen LogP contribution in [0.3, 0.4) is 0 Å². The van der Waals surface area contributed by atoms with Gasteiger partial charge in [-0.05, 0) is 18.2 Å². The molecule has 1 N–H and O–H groups in total. The number of ether oxygens (including phenoxy) is 2. The number of benzene rings is 1. The zero-order chi connectivity index (χ0) is 12.0. The highest BCUT2D eigenvalue weighted by atomic mass is 35.5. The zero-order valence-corrected chi connectivity index (χ0v) is 9.66. The second-order valence-electron chi connectivity index (χ2n) is 3.14. The first kappa shape index (κ1) is 12.8. The number of aromatic carboxylic acids is 1. The maximum absolute atomic E-state index is 10.9. The summed E-state index contributed by atoms with van der Waals surface area (Å²) in [6.45, 7) is 0.992. The predicted octanol–water partition coefficient (Wildman–Crippen LogP) is 2.45. The monoisotopic (exact) mass is 244 g/mol. The van der Waals surface area contributed by atoms with Crippen LogP contribution in [-0.4, -0.2) is 31.4 Å². The Bertz CT molecular complexity index is 365. The average Bonchev–Trinajstić information content (AvgIpc) is 2.26. The number of hydrogen-bond acceptors (Lipinski definition) is 3. The van der Waals surface area contributed by atoms with E-state index in [1.54, 1.807) is 19.2 Å². The van der Waals surface area contributed by atoms with Gasteiger partial charge in [0.05, 0.1) is 6.61 Å². The van der Waals surface area contributed by atoms with Crippen molar-refractivity contribution in [3.63, 3.8) is 0 Å². The Morgan fingerprint density at radius 2 is 2.19 bits per heavy atom. The highest BCUT2D eigenvalue weighted by Crippen LogP contribution is 2.22. The summed E-state index contributed by atoms with van der Waals surface area (Å²) in [4.78, 5) is 10.9. The Balaban J connectivity index is 2.67. The summed E-state index contributed by atoms with van der Waals surface area (Å²) < 4.78 is 10.2. The van der Waals surface area contributed by atoms with E-state index in [-0.39, 0.29) is 5.56 Å². The van der Waals surface area contributed by atoms with Crippen LogP contribution >= 0.6 is 11.6 Å². The van der Waals surface area contributed by atoms with E-state index in [9.17, 15) is 4.79 Å². The van der Waals surface area contributed by atoms with Crippen LogP contribution in [0.5, 0.6) is 5.75 Å². The summed E-state index contributed by atoms with van der Waals surface area (Å²) in [5, 5.41) is 9.31. The molecule has 4 nitrogen and oxygen atoms in total. The van der Waals surface area contributed by atoms with Crippen LogP contribution in [0.4, 0.5) is 0 Å². The number of rotatable bonds is 6. The molecule has 1 aromatic rings. The molecule has 0 heterocycles. The van der Waals surface area contributed by atoms with Crippen molar-refractivity contribution < 1.29 is 19.4 Å². The fourth-order valence-electron chi connectivity index (χ4n) is 1.18. The van der Waals surface area contributed by atoms with Crippen LogP contribution in [0.25, 0.3) is 0 Å². The second-order valence-corrected chi connectivity index (χ2v) is 3.58. The number of hydrogen-bond donors (Lipinski definition) is 1. The Labute approximate surface area is 98.7 Å². The molecule has 0 aliphatic carbocycles. The van der Waals surface area contributed by atoms with Crippen molar-refractivity contribution in [2.45, 2.75) is 6.42 Å².